The number of sulfonamides is 1. The van der Waals surface area contributed by atoms with E-state index in [0.717, 1.165) is 6.07 Å². The standard InChI is InChI=1S/C11H17FN2O3S/c1-3-9(6-15)14-18(16,17)11-5-8(13)4-10(12)7(11)2/h4-5,9,14-15H,3,6,13H2,1-2H3/t9-/m0/s1. The fourth-order valence-corrected chi connectivity index (χ4v) is 3.08. The van der Waals surface area contributed by atoms with E-state index in [-0.39, 0.29) is 22.8 Å². The van der Waals surface area contributed by atoms with Gasteiger partial charge in [-0.05, 0) is 25.5 Å². The van der Waals surface area contributed by atoms with E-state index in [0.29, 0.717) is 6.42 Å². The minimum absolute atomic E-state index is 0.00416. The van der Waals surface area contributed by atoms with E-state index < -0.39 is 21.9 Å². The van der Waals surface area contributed by atoms with Gasteiger partial charge in [0.05, 0.1) is 11.5 Å². The summed E-state index contributed by atoms with van der Waals surface area (Å²) < 4.78 is 39.8. The maximum Gasteiger partial charge on any atom is 0.241 e. The molecule has 0 spiro atoms. The summed E-state index contributed by atoms with van der Waals surface area (Å²) in [6.07, 6.45) is 0.430. The summed E-state index contributed by atoms with van der Waals surface area (Å²) in [6, 6.07) is 1.67. The average molecular weight is 276 g/mol. The lowest BCUT2D eigenvalue weighted by Crippen LogP contribution is -2.37. The van der Waals surface area contributed by atoms with E-state index in [1.54, 1.807) is 6.92 Å². The number of rotatable bonds is 5. The number of anilines is 1. The van der Waals surface area contributed by atoms with Crippen molar-refractivity contribution < 1.29 is 17.9 Å². The van der Waals surface area contributed by atoms with Crippen molar-refractivity contribution in [3.05, 3.63) is 23.5 Å². The molecule has 0 radical (unpaired) electrons. The van der Waals surface area contributed by atoms with Crippen LogP contribution in [0.5, 0.6) is 0 Å². The number of hydrogen-bond donors (Lipinski definition) is 3. The highest BCUT2D eigenvalue weighted by molar-refractivity contribution is 7.89. The van der Waals surface area contributed by atoms with Gasteiger partial charge in [0.1, 0.15) is 5.82 Å². The normalized spacial score (nSPS) is 13.6. The number of aliphatic hydroxyl groups excluding tert-OH is 1. The molecule has 0 aromatic heterocycles. The molecule has 0 saturated carbocycles. The number of hydrogen-bond acceptors (Lipinski definition) is 4. The third kappa shape index (κ3) is 3.18. The third-order valence-corrected chi connectivity index (χ3v) is 4.29. The van der Waals surface area contributed by atoms with Gasteiger partial charge in [-0.3, -0.25) is 0 Å². The second kappa shape index (κ2) is 5.64. The van der Waals surface area contributed by atoms with Crippen LogP contribution < -0.4 is 10.5 Å². The summed E-state index contributed by atoms with van der Waals surface area (Å²) in [5.41, 5.74) is 5.48. The molecule has 5 nitrogen and oxygen atoms in total. The second-order valence-electron chi connectivity index (χ2n) is 4.03. The number of nitrogen functional groups attached to an aromatic ring is 1. The van der Waals surface area contributed by atoms with E-state index in [9.17, 15) is 12.8 Å². The molecular weight excluding hydrogens is 259 g/mol. The molecule has 18 heavy (non-hydrogen) atoms. The van der Waals surface area contributed by atoms with Gasteiger partial charge >= 0.3 is 0 Å². The van der Waals surface area contributed by atoms with Crippen molar-refractivity contribution >= 4 is 15.7 Å². The van der Waals surface area contributed by atoms with Crippen LogP contribution in [0.25, 0.3) is 0 Å². The van der Waals surface area contributed by atoms with Gasteiger partial charge < -0.3 is 10.8 Å². The minimum atomic E-state index is -3.89. The monoisotopic (exact) mass is 276 g/mol. The first-order valence-corrected chi connectivity index (χ1v) is 6.99. The molecule has 1 aromatic rings. The zero-order valence-corrected chi connectivity index (χ0v) is 11.1. The lowest BCUT2D eigenvalue weighted by Gasteiger charge is -2.16. The van der Waals surface area contributed by atoms with Gasteiger partial charge in [-0.25, -0.2) is 17.5 Å². The molecule has 4 N–H and O–H groups in total. The molecule has 0 bridgehead atoms. The minimum Gasteiger partial charge on any atom is -0.399 e. The summed E-state index contributed by atoms with van der Waals surface area (Å²) in [5, 5.41) is 8.99. The fourth-order valence-electron chi connectivity index (χ4n) is 1.49. The molecule has 0 amide bonds. The molecule has 0 saturated heterocycles. The molecule has 0 aliphatic carbocycles. The fraction of sp³-hybridized carbons (Fsp3) is 0.455. The summed E-state index contributed by atoms with van der Waals surface area (Å²) in [4.78, 5) is -0.202. The van der Waals surface area contributed by atoms with Crippen LogP contribution in [-0.2, 0) is 10.0 Å². The van der Waals surface area contributed by atoms with Crippen molar-refractivity contribution in [2.75, 3.05) is 12.3 Å². The largest absolute Gasteiger partial charge is 0.399 e. The molecule has 0 aliphatic rings. The molecular formula is C11H17FN2O3S. The predicted molar refractivity (Wildman–Crippen MR) is 67.0 cm³/mol. The van der Waals surface area contributed by atoms with Crippen molar-refractivity contribution in [1.29, 1.82) is 0 Å². The van der Waals surface area contributed by atoms with Gasteiger partial charge in [-0.1, -0.05) is 6.92 Å². The molecule has 102 valence electrons. The maximum absolute atomic E-state index is 13.4. The predicted octanol–water partition coefficient (Wildman–Crippen LogP) is 0.766. The first-order valence-electron chi connectivity index (χ1n) is 5.50. The summed E-state index contributed by atoms with van der Waals surface area (Å²) >= 11 is 0. The summed E-state index contributed by atoms with van der Waals surface area (Å²) in [6.45, 7) is 2.78. The van der Waals surface area contributed by atoms with Crippen molar-refractivity contribution in [2.45, 2.75) is 31.2 Å². The van der Waals surface area contributed by atoms with Gasteiger partial charge in [0, 0.05) is 17.3 Å². The number of benzene rings is 1. The molecule has 1 aromatic carbocycles. The number of halogens is 1. The van der Waals surface area contributed by atoms with Gasteiger partial charge in [0.15, 0.2) is 0 Å². The maximum atomic E-state index is 13.4. The van der Waals surface area contributed by atoms with Crippen LogP contribution in [0.1, 0.15) is 18.9 Å². The highest BCUT2D eigenvalue weighted by Crippen LogP contribution is 2.22. The quantitative estimate of drug-likeness (QED) is 0.692. The summed E-state index contributed by atoms with van der Waals surface area (Å²) in [5.74, 6) is -0.674. The molecule has 0 fully saturated rings. The molecule has 0 unspecified atom stereocenters. The Bertz CT molecular complexity index is 527. The van der Waals surface area contributed by atoms with Crippen molar-refractivity contribution in [1.82, 2.24) is 4.72 Å². The van der Waals surface area contributed by atoms with Crippen LogP contribution in [-0.4, -0.2) is 26.2 Å². The topological polar surface area (TPSA) is 92.4 Å². The zero-order chi connectivity index (χ0) is 13.9. The molecule has 0 aliphatic heterocycles. The van der Waals surface area contributed by atoms with Crippen LogP contribution in [0.15, 0.2) is 17.0 Å². The SMILES string of the molecule is CC[C@@H](CO)NS(=O)(=O)c1cc(N)cc(F)c1C. The smallest absolute Gasteiger partial charge is 0.241 e. The first kappa shape index (κ1) is 14.9. The van der Waals surface area contributed by atoms with Gasteiger partial charge in [-0.2, -0.15) is 0 Å². The van der Waals surface area contributed by atoms with E-state index in [1.165, 1.54) is 13.0 Å². The van der Waals surface area contributed by atoms with Gasteiger partial charge in [0.2, 0.25) is 10.0 Å². The van der Waals surface area contributed by atoms with Crippen LogP contribution >= 0.6 is 0 Å². The lowest BCUT2D eigenvalue weighted by atomic mass is 10.2. The van der Waals surface area contributed by atoms with Crippen molar-refractivity contribution in [2.24, 2.45) is 0 Å². The highest BCUT2D eigenvalue weighted by Gasteiger charge is 2.22. The Labute approximate surface area is 106 Å². The number of aliphatic hydroxyl groups is 1. The van der Waals surface area contributed by atoms with Gasteiger partial charge in [-0.15, -0.1) is 0 Å². The zero-order valence-electron chi connectivity index (χ0n) is 10.3. The Kier molecular flexibility index (Phi) is 4.66. The first-order chi connectivity index (χ1) is 8.31. The lowest BCUT2D eigenvalue weighted by molar-refractivity contribution is 0.254. The van der Waals surface area contributed by atoms with E-state index >= 15 is 0 Å². The molecule has 7 heteroatoms. The Morgan fingerprint density at radius 3 is 2.61 bits per heavy atom. The van der Waals surface area contributed by atoms with Crippen LogP contribution in [0.4, 0.5) is 10.1 Å². The molecule has 0 heterocycles. The van der Waals surface area contributed by atoms with Crippen LogP contribution in [0.3, 0.4) is 0 Å². The number of nitrogens with one attached hydrogen (secondary N) is 1. The number of nitrogens with two attached hydrogens (primary N) is 1. The van der Waals surface area contributed by atoms with Crippen molar-refractivity contribution in [3.8, 4) is 0 Å². The molecule has 1 atom stereocenters. The molecule has 1 rings (SSSR count). The Morgan fingerprint density at radius 1 is 1.50 bits per heavy atom. The van der Waals surface area contributed by atoms with Gasteiger partial charge in [0.25, 0.3) is 0 Å². The van der Waals surface area contributed by atoms with Crippen LogP contribution in [0, 0.1) is 12.7 Å². The van der Waals surface area contributed by atoms with E-state index in [4.69, 9.17) is 10.8 Å². The van der Waals surface area contributed by atoms with Crippen LogP contribution in [0.2, 0.25) is 0 Å². The van der Waals surface area contributed by atoms with Crippen molar-refractivity contribution in [3.63, 3.8) is 0 Å². The summed E-state index contributed by atoms with van der Waals surface area (Å²) in [7, 11) is -3.89. The van der Waals surface area contributed by atoms with E-state index in [1.807, 2.05) is 0 Å². The second-order valence-corrected chi connectivity index (χ2v) is 5.72. The highest BCUT2D eigenvalue weighted by atomic mass is 32.2. The average Bonchev–Trinajstić information content (AvgIpc) is 2.30. The Balaban J connectivity index is 3.20. The Hall–Kier alpha value is -1.18. The Morgan fingerprint density at radius 2 is 2.11 bits per heavy atom. The third-order valence-electron chi connectivity index (χ3n) is 2.64. The van der Waals surface area contributed by atoms with E-state index in [2.05, 4.69) is 4.72 Å².